The summed E-state index contributed by atoms with van der Waals surface area (Å²) >= 11 is 0. The minimum Gasteiger partial charge on any atom is -0.494 e. The van der Waals surface area contributed by atoms with Gasteiger partial charge in [-0.25, -0.2) is 4.98 Å². The minimum absolute atomic E-state index is 0.604. The molecule has 0 atom stereocenters. The van der Waals surface area contributed by atoms with Crippen LogP contribution in [-0.2, 0) is 13.0 Å². The van der Waals surface area contributed by atoms with Gasteiger partial charge in [0.05, 0.1) is 17.6 Å². The fourth-order valence-electron chi connectivity index (χ4n) is 2.41. The maximum Gasteiger partial charge on any atom is 0.121 e. The van der Waals surface area contributed by atoms with Crippen LogP contribution in [0.2, 0.25) is 0 Å². The van der Waals surface area contributed by atoms with E-state index in [9.17, 15) is 0 Å². The Balaban J connectivity index is 2.41. The topological polar surface area (TPSA) is 39.1 Å². The number of nitrogens with one attached hydrogen (secondary N) is 1. The number of aromatic nitrogens is 2. The number of fused-ring (bicyclic) bond motifs is 1. The van der Waals surface area contributed by atoms with Crippen LogP contribution in [0.3, 0.4) is 0 Å². The van der Waals surface area contributed by atoms with Gasteiger partial charge >= 0.3 is 0 Å². The third-order valence-corrected chi connectivity index (χ3v) is 3.26. The number of hydrogen-bond acceptors (Lipinski definition) is 3. The molecule has 0 fully saturated rings. The Kier molecular flexibility index (Phi) is 5.01. The summed E-state index contributed by atoms with van der Waals surface area (Å²) in [5, 5.41) is 3.19. The largest absolute Gasteiger partial charge is 0.494 e. The highest BCUT2D eigenvalue weighted by Crippen LogP contribution is 2.23. The van der Waals surface area contributed by atoms with E-state index in [1.807, 2.05) is 26.1 Å². The second-order valence-electron chi connectivity index (χ2n) is 5.47. The number of nitrogens with zero attached hydrogens (tertiary/aromatic N) is 2. The van der Waals surface area contributed by atoms with Crippen molar-refractivity contribution < 1.29 is 4.74 Å². The lowest BCUT2D eigenvalue weighted by Crippen LogP contribution is -2.15. The van der Waals surface area contributed by atoms with Crippen LogP contribution in [0, 0.1) is 5.92 Å². The van der Waals surface area contributed by atoms with E-state index in [-0.39, 0.29) is 0 Å². The molecule has 1 N–H and O–H groups in total. The molecule has 0 saturated heterocycles. The highest BCUT2D eigenvalue weighted by molar-refractivity contribution is 5.77. The highest BCUT2D eigenvalue weighted by Gasteiger charge is 2.12. The van der Waals surface area contributed by atoms with Gasteiger partial charge in [0, 0.05) is 25.6 Å². The van der Waals surface area contributed by atoms with Crippen molar-refractivity contribution in [3.8, 4) is 5.75 Å². The van der Waals surface area contributed by atoms with Crippen LogP contribution in [0.25, 0.3) is 11.0 Å². The Morgan fingerprint density at radius 1 is 1.35 bits per heavy atom. The number of imidazole rings is 1. The zero-order valence-electron chi connectivity index (χ0n) is 12.9. The summed E-state index contributed by atoms with van der Waals surface area (Å²) in [5.74, 6) is 2.65. The fraction of sp³-hybridized carbons (Fsp3) is 0.562. The minimum atomic E-state index is 0.604. The quantitative estimate of drug-likeness (QED) is 0.844. The molecule has 1 aromatic carbocycles. The van der Waals surface area contributed by atoms with E-state index in [0.717, 1.165) is 36.6 Å². The van der Waals surface area contributed by atoms with E-state index in [1.54, 1.807) is 0 Å². The van der Waals surface area contributed by atoms with Crippen molar-refractivity contribution in [3.05, 3.63) is 24.0 Å². The first-order valence-corrected chi connectivity index (χ1v) is 7.42. The summed E-state index contributed by atoms with van der Waals surface area (Å²) in [6.45, 7) is 9.11. The van der Waals surface area contributed by atoms with Crippen molar-refractivity contribution in [3.63, 3.8) is 0 Å². The van der Waals surface area contributed by atoms with Gasteiger partial charge in [-0.05, 0) is 32.0 Å². The standard InChI is InChI=1S/C16H25N3O/c1-5-20-13-6-7-15-14(10-13)18-16(8-9-17-4)19(15)11-12(2)3/h6-7,10,12,17H,5,8-9,11H2,1-4H3. The van der Waals surface area contributed by atoms with Gasteiger partial charge < -0.3 is 14.6 Å². The van der Waals surface area contributed by atoms with E-state index >= 15 is 0 Å². The SMILES string of the molecule is CCOc1ccc2c(c1)nc(CCNC)n2CC(C)C. The van der Waals surface area contributed by atoms with E-state index in [1.165, 1.54) is 5.52 Å². The molecule has 0 aliphatic heterocycles. The third-order valence-electron chi connectivity index (χ3n) is 3.26. The van der Waals surface area contributed by atoms with E-state index in [0.29, 0.717) is 12.5 Å². The summed E-state index contributed by atoms with van der Waals surface area (Å²) < 4.78 is 7.90. The molecule has 20 heavy (non-hydrogen) atoms. The van der Waals surface area contributed by atoms with Gasteiger partial charge in [0.1, 0.15) is 11.6 Å². The molecule has 1 aromatic heterocycles. The van der Waals surface area contributed by atoms with E-state index in [4.69, 9.17) is 9.72 Å². The third kappa shape index (κ3) is 3.31. The van der Waals surface area contributed by atoms with Crippen LogP contribution in [0.1, 0.15) is 26.6 Å². The van der Waals surface area contributed by atoms with Gasteiger partial charge in [-0.1, -0.05) is 13.8 Å². The molecule has 110 valence electrons. The van der Waals surface area contributed by atoms with Crippen LogP contribution in [0.15, 0.2) is 18.2 Å². The van der Waals surface area contributed by atoms with Crippen molar-refractivity contribution in [1.82, 2.24) is 14.9 Å². The van der Waals surface area contributed by atoms with Crippen molar-refractivity contribution in [2.75, 3.05) is 20.2 Å². The molecule has 0 spiro atoms. The number of rotatable bonds is 7. The van der Waals surface area contributed by atoms with Gasteiger partial charge in [0.15, 0.2) is 0 Å². The Morgan fingerprint density at radius 3 is 2.80 bits per heavy atom. The van der Waals surface area contributed by atoms with Gasteiger partial charge in [0.2, 0.25) is 0 Å². The second-order valence-corrected chi connectivity index (χ2v) is 5.47. The van der Waals surface area contributed by atoms with Gasteiger partial charge in [-0.3, -0.25) is 0 Å². The van der Waals surface area contributed by atoms with Crippen molar-refractivity contribution in [2.45, 2.75) is 33.7 Å². The van der Waals surface area contributed by atoms with Crippen molar-refractivity contribution >= 4 is 11.0 Å². The Labute approximate surface area is 121 Å². The molecule has 0 unspecified atom stereocenters. The lowest BCUT2D eigenvalue weighted by atomic mass is 10.2. The predicted molar refractivity (Wildman–Crippen MR) is 83.4 cm³/mol. The average molecular weight is 275 g/mol. The van der Waals surface area contributed by atoms with Gasteiger partial charge in [-0.15, -0.1) is 0 Å². The number of likely N-dealkylation sites (N-methyl/N-ethyl adjacent to an activating group) is 1. The maximum absolute atomic E-state index is 5.56. The molecule has 1 heterocycles. The van der Waals surface area contributed by atoms with E-state index in [2.05, 4.69) is 29.8 Å². The first-order valence-electron chi connectivity index (χ1n) is 7.42. The molecule has 0 saturated carbocycles. The van der Waals surface area contributed by atoms with Crippen LogP contribution in [-0.4, -0.2) is 29.8 Å². The van der Waals surface area contributed by atoms with Crippen molar-refractivity contribution in [1.29, 1.82) is 0 Å². The lowest BCUT2D eigenvalue weighted by molar-refractivity contribution is 0.340. The Morgan fingerprint density at radius 2 is 2.15 bits per heavy atom. The second kappa shape index (κ2) is 6.75. The van der Waals surface area contributed by atoms with Crippen LogP contribution in [0.5, 0.6) is 5.75 Å². The zero-order valence-corrected chi connectivity index (χ0v) is 12.9. The maximum atomic E-state index is 5.56. The van der Waals surface area contributed by atoms with Crippen LogP contribution < -0.4 is 10.1 Å². The van der Waals surface area contributed by atoms with Gasteiger partial charge in [0.25, 0.3) is 0 Å². The summed E-state index contributed by atoms with van der Waals surface area (Å²) in [4.78, 5) is 4.79. The zero-order chi connectivity index (χ0) is 14.5. The molecule has 0 bridgehead atoms. The van der Waals surface area contributed by atoms with Crippen LogP contribution in [0.4, 0.5) is 0 Å². The first kappa shape index (κ1) is 14.9. The summed E-state index contributed by atoms with van der Waals surface area (Å²) in [6.07, 6.45) is 0.946. The average Bonchev–Trinajstić information content (AvgIpc) is 2.73. The molecule has 2 rings (SSSR count). The molecule has 4 heteroatoms. The highest BCUT2D eigenvalue weighted by atomic mass is 16.5. The van der Waals surface area contributed by atoms with Crippen molar-refractivity contribution in [2.24, 2.45) is 5.92 Å². The number of benzene rings is 1. The molecule has 4 nitrogen and oxygen atoms in total. The smallest absolute Gasteiger partial charge is 0.121 e. The van der Waals surface area contributed by atoms with Gasteiger partial charge in [-0.2, -0.15) is 0 Å². The molecule has 0 radical (unpaired) electrons. The first-order chi connectivity index (χ1) is 9.65. The summed E-state index contributed by atoms with van der Waals surface area (Å²) in [7, 11) is 1.97. The number of hydrogen-bond donors (Lipinski definition) is 1. The fourth-order valence-corrected chi connectivity index (χ4v) is 2.41. The Hall–Kier alpha value is -1.55. The van der Waals surface area contributed by atoms with E-state index < -0.39 is 0 Å². The molecule has 0 amide bonds. The normalized spacial score (nSPS) is 11.4. The summed E-state index contributed by atoms with van der Waals surface area (Å²) in [5.41, 5.74) is 2.23. The molecule has 2 aromatic rings. The lowest BCUT2D eigenvalue weighted by Gasteiger charge is -2.11. The Bertz CT molecular complexity index is 560. The van der Waals surface area contributed by atoms with Crippen LogP contribution >= 0.6 is 0 Å². The molecule has 0 aliphatic carbocycles. The number of ether oxygens (including phenoxy) is 1. The predicted octanol–water partition coefficient (Wildman–Crippen LogP) is 2.85. The molecular formula is C16H25N3O. The molecular weight excluding hydrogens is 250 g/mol. The monoisotopic (exact) mass is 275 g/mol. The molecule has 0 aliphatic rings. The summed E-state index contributed by atoms with van der Waals surface area (Å²) in [6, 6.07) is 6.20.